The van der Waals surface area contributed by atoms with E-state index in [0.29, 0.717) is 5.89 Å². The van der Waals surface area contributed by atoms with E-state index in [4.69, 9.17) is 14.4 Å². The largest absolute Gasteiger partial charge is 2.00 e. The second-order valence-electron chi connectivity index (χ2n) is 9.56. The fraction of sp³-hybridized carbons (Fsp3) is 0. The molecule has 0 aliphatic rings. The van der Waals surface area contributed by atoms with Gasteiger partial charge in [0.2, 0.25) is 0 Å². The predicted octanol–water partition coefficient (Wildman–Crippen LogP) is 8.31. The molecule has 0 bridgehead atoms. The number of pyridine rings is 2. The molecule has 4 aromatic heterocycles. The van der Waals surface area contributed by atoms with E-state index in [0.717, 1.165) is 66.5 Å². The van der Waals surface area contributed by atoms with Crippen LogP contribution in [0.3, 0.4) is 0 Å². The number of nitrogens with zero attached hydrogens (tertiary/aromatic N) is 4. The standard InChI is InChI=1S/C35H20N4O.Pt/c1-3-14-31-28(11-1)29-17-16-24(35-38-30-13-2-4-15-33(30)40-35)21-32(29)39(31)26-10-5-8-23(20-26)34-27(12-7-19-37-34)25-9-6-18-36-22-25;/h1-19,22H;/q-2;+2. The molecule has 0 atom stereocenters. The maximum atomic E-state index is 6.08. The van der Waals surface area contributed by atoms with Crippen LogP contribution in [0.1, 0.15) is 0 Å². The van der Waals surface area contributed by atoms with Crippen molar-refractivity contribution < 1.29 is 25.5 Å². The zero-order chi connectivity index (χ0) is 26.5. The van der Waals surface area contributed by atoms with E-state index in [1.165, 1.54) is 0 Å². The van der Waals surface area contributed by atoms with Crippen molar-refractivity contribution in [1.29, 1.82) is 0 Å². The first-order chi connectivity index (χ1) is 19.8. The summed E-state index contributed by atoms with van der Waals surface area (Å²) in [5, 5.41) is 2.24. The molecule has 8 aromatic rings. The van der Waals surface area contributed by atoms with Gasteiger partial charge in [-0.05, 0) is 63.7 Å². The zero-order valence-corrected chi connectivity index (χ0v) is 23.8. The van der Waals surface area contributed by atoms with Crippen molar-refractivity contribution in [3.8, 4) is 39.5 Å². The predicted molar refractivity (Wildman–Crippen MR) is 158 cm³/mol. The maximum absolute atomic E-state index is 6.08. The molecule has 0 saturated heterocycles. The monoisotopic (exact) mass is 707 g/mol. The minimum Gasteiger partial charge on any atom is -0.481 e. The smallest absolute Gasteiger partial charge is 0.481 e. The van der Waals surface area contributed by atoms with Gasteiger partial charge in [0.15, 0.2) is 0 Å². The van der Waals surface area contributed by atoms with Crippen molar-refractivity contribution in [3.05, 3.63) is 134 Å². The Balaban J connectivity index is 0.00000276. The molecule has 0 aliphatic carbocycles. The molecule has 5 nitrogen and oxygen atoms in total. The minimum absolute atomic E-state index is 0. The molecule has 0 amide bonds. The third kappa shape index (κ3) is 4.26. The summed E-state index contributed by atoms with van der Waals surface area (Å²) in [4.78, 5) is 13.8. The van der Waals surface area contributed by atoms with Gasteiger partial charge in [0.05, 0.1) is 5.52 Å². The third-order valence-electron chi connectivity index (χ3n) is 7.16. The first-order valence-electron chi connectivity index (χ1n) is 13.0. The summed E-state index contributed by atoms with van der Waals surface area (Å²) in [6.45, 7) is 0. The number of rotatable bonds is 4. The quantitative estimate of drug-likeness (QED) is 0.173. The summed E-state index contributed by atoms with van der Waals surface area (Å²) >= 11 is 0. The zero-order valence-electron chi connectivity index (χ0n) is 21.6. The van der Waals surface area contributed by atoms with Gasteiger partial charge < -0.3 is 14.0 Å². The fourth-order valence-corrected chi connectivity index (χ4v) is 5.36. The molecule has 4 heterocycles. The summed E-state index contributed by atoms with van der Waals surface area (Å²) in [7, 11) is 0. The minimum atomic E-state index is 0. The first-order valence-corrected chi connectivity index (χ1v) is 13.0. The second kappa shape index (κ2) is 10.3. The maximum Gasteiger partial charge on any atom is 2.00 e. The molecule has 4 aromatic carbocycles. The van der Waals surface area contributed by atoms with Crippen LogP contribution < -0.4 is 0 Å². The van der Waals surface area contributed by atoms with Crippen LogP contribution in [0.2, 0.25) is 0 Å². The Morgan fingerprint density at radius 1 is 0.683 bits per heavy atom. The summed E-state index contributed by atoms with van der Waals surface area (Å²) in [5.41, 5.74) is 9.07. The Morgan fingerprint density at radius 2 is 1.56 bits per heavy atom. The normalized spacial score (nSPS) is 11.2. The molecule has 0 radical (unpaired) electrons. The second-order valence-corrected chi connectivity index (χ2v) is 9.56. The molecular formula is C35H20N4OPt. The number of benzene rings is 4. The van der Waals surface area contributed by atoms with Gasteiger partial charge in [0.1, 0.15) is 11.5 Å². The number of para-hydroxylation sites is 3. The first kappa shape index (κ1) is 25.1. The van der Waals surface area contributed by atoms with Crippen molar-refractivity contribution >= 4 is 32.9 Å². The van der Waals surface area contributed by atoms with Crippen LogP contribution in [0.4, 0.5) is 0 Å². The van der Waals surface area contributed by atoms with E-state index in [1.54, 1.807) is 6.20 Å². The van der Waals surface area contributed by atoms with Gasteiger partial charge in [-0.2, -0.15) is 0 Å². The van der Waals surface area contributed by atoms with Crippen molar-refractivity contribution in [2.45, 2.75) is 0 Å². The van der Waals surface area contributed by atoms with Crippen LogP contribution in [0.25, 0.3) is 72.4 Å². The molecular weight excluding hydrogens is 687 g/mol. The van der Waals surface area contributed by atoms with Gasteiger partial charge >= 0.3 is 21.1 Å². The molecule has 0 fully saturated rings. The van der Waals surface area contributed by atoms with Crippen LogP contribution in [0.5, 0.6) is 0 Å². The van der Waals surface area contributed by atoms with Crippen molar-refractivity contribution in [1.82, 2.24) is 19.5 Å². The van der Waals surface area contributed by atoms with E-state index in [2.05, 4.69) is 64.1 Å². The summed E-state index contributed by atoms with van der Waals surface area (Å²) < 4.78 is 8.28. The third-order valence-corrected chi connectivity index (χ3v) is 7.16. The molecule has 0 N–H and O–H groups in total. The topological polar surface area (TPSA) is 56.7 Å². The van der Waals surface area contributed by atoms with Gasteiger partial charge in [0.25, 0.3) is 0 Å². The summed E-state index contributed by atoms with van der Waals surface area (Å²) in [6, 6.07) is 41.8. The van der Waals surface area contributed by atoms with Gasteiger partial charge in [-0.1, -0.05) is 53.4 Å². The average molecular weight is 708 g/mol. The molecule has 0 saturated carbocycles. The molecule has 0 aliphatic heterocycles. The molecule has 0 unspecified atom stereocenters. The Bertz CT molecular complexity index is 2150. The van der Waals surface area contributed by atoms with Crippen LogP contribution in [0.15, 0.2) is 126 Å². The molecule has 0 spiro atoms. The van der Waals surface area contributed by atoms with Crippen LogP contribution >= 0.6 is 0 Å². The van der Waals surface area contributed by atoms with Gasteiger partial charge in [-0.15, -0.1) is 48.0 Å². The van der Waals surface area contributed by atoms with E-state index in [1.807, 2.05) is 73.1 Å². The Kier molecular flexibility index (Phi) is 6.30. The Morgan fingerprint density at radius 3 is 2.46 bits per heavy atom. The fourth-order valence-electron chi connectivity index (χ4n) is 5.36. The van der Waals surface area contributed by atoms with Crippen molar-refractivity contribution in [2.75, 3.05) is 0 Å². The van der Waals surface area contributed by atoms with Crippen LogP contribution in [-0.2, 0) is 21.1 Å². The van der Waals surface area contributed by atoms with E-state index in [-0.39, 0.29) is 21.1 Å². The summed E-state index contributed by atoms with van der Waals surface area (Å²) in [6.07, 6.45) is 5.46. The van der Waals surface area contributed by atoms with E-state index < -0.39 is 0 Å². The van der Waals surface area contributed by atoms with Gasteiger partial charge in [0, 0.05) is 24.1 Å². The number of aromatic nitrogens is 4. The molecule has 41 heavy (non-hydrogen) atoms. The van der Waals surface area contributed by atoms with Gasteiger partial charge in [-0.3, -0.25) is 9.97 Å². The van der Waals surface area contributed by atoms with Crippen LogP contribution in [0, 0.1) is 12.1 Å². The molecule has 196 valence electrons. The number of hydrogen-bond donors (Lipinski definition) is 0. The Hall–Kier alpha value is -4.86. The molecule has 8 rings (SSSR count). The van der Waals surface area contributed by atoms with Crippen LogP contribution in [-0.4, -0.2) is 19.5 Å². The van der Waals surface area contributed by atoms with Crippen molar-refractivity contribution in [2.24, 2.45) is 0 Å². The van der Waals surface area contributed by atoms with Gasteiger partial charge in [-0.25, -0.2) is 0 Å². The molecule has 6 heteroatoms. The van der Waals surface area contributed by atoms with E-state index in [9.17, 15) is 0 Å². The SMILES string of the molecule is [Pt+2].[c-]1c(-c2ncccc2-c2cccnc2)cccc1-n1c2[c-]c(-c3nc4ccccc4o3)ccc2c2ccccc21. The number of oxazole rings is 1. The van der Waals surface area contributed by atoms with Crippen molar-refractivity contribution in [3.63, 3.8) is 0 Å². The summed E-state index contributed by atoms with van der Waals surface area (Å²) in [5.74, 6) is 0.548. The Labute approximate surface area is 250 Å². The number of hydrogen-bond acceptors (Lipinski definition) is 4. The number of fused-ring (bicyclic) bond motifs is 4. The van der Waals surface area contributed by atoms with E-state index >= 15 is 0 Å². The average Bonchev–Trinajstić information content (AvgIpc) is 3.61.